The minimum Gasteiger partial charge on any atom is -0.352 e. The monoisotopic (exact) mass is 583 g/mol. The van der Waals surface area contributed by atoms with Crippen molar-refractivity contribution in [2.45, 2.75) is 59.2 Å². The Balaban J connectivity index is 2.08. The number of rotatable bonds is 12. The van der Waals surface area contributed by atoms with E-state index in [0.29, 0.717) is 10.7 Å². The van der Waals surface area contributed by atoms with E-state index in [2.05, 4.69) is 5.32 Å². The highest BCUT2D eigenvalue weighted by Gasteiger charge is 2.33. The topological polar surface area (TPSA) is 86.8 Å². The molecule has 0 fully saturated rings. The third-order valence-corrected chi connectivity index (χ3v) is 8.18. The molecule has 0 aliphatic heterocycles. The van der Waals surface area contributed by atoms with E-state index in [4.69, 9.17) is 11.6 Å². The molecular weight excluding hydrogens is 546 g/mol. The summed E-state index contributed by atoms with van der Waals surface area (Å²) in [5, 5.41) is 3.52. The van der Waals surface area contributed by atoms with Crippen LogP contribution >= 0.6 is 11.6 Å². The molecule has 2 amide bonds. The maximum absolute atomic E-state index is 14.1. The van der Waals surface area contributed by atoms with Crippen molar-refractivity contribution in [2.24, 2.45) is 0 Å². The van der Waals surface area contributed by atoms with Gasteiger partial charge in [-0.3, -0.25) is 13.9 Å². The van der Waals surface area contributed by atoms with E-state index in [1.165, 1.54) is 4.90 Å². The van der Waals surface area contributed by atoms with Crippen LogP contribution in [0.1, 0.15) is 42.5 Å². The SMILES string of the molecule is CC[C@@H](C)NC(=O)[C@H](Cc1ccccc1)N(Cc1cccc(Cl)c1)C(=O)CN(c1ccc(C)cc1C)S(C)(=O)=O. The highest BCUT2D eigenvalue weighted by atomic mass is 35.5. The van der Waals surface area contributed by atoms with Crippen LogP contribution in [0.4, 0.5) is 5.69 Å². The highest BCUT2D eigenvalue weighted by Crippen LogP contribution is 2.25. The maximum atomic E-state index is 14.1. The second-order valence-corrected chi connectivity index (χ2v) is 12.6. The summed E-state index contributed by atoms with van der Waals surface area (Å²) in [7, 11) is -3.83. The van der Waals surface area contributed by atoms with Crippen molar-refractivity contribution in [3.05, 3.63) is 100 Å². The molecule has 9 heteroatoms. The van der Waals surface area contributed by atoms with E-state index >= 15 is 0 Å². The van der Waals surface area contributed by atoms with E-state index in [9.17, 15) is 18.0 Å². The van der Waals surface area contributed by atoms with Gasteiger partial charge in [0.05, 0.1) is 11.9 Å². The number of carbonyl (C=O) groups is 2. The summed E-state index contributed by atoms with van der Waals surface area (Å²) in [4.78, 5) is 29.3. The number of carbonyl (C=O) groups excluding carboxylic acids is 2. The van der Waals surface area contributed by atoms with Gasteiger partial charge in [-0.2, -0.15) is 0 Å². The molecule has 0 spiro atoms. The van der Waals surface area contributed by atoms with Gasteiger partial charge in [0.2, 0.25) is 21.8 Å². The van der Waals surface area contributed by atoms with Gasteiger partial charge < -0.3 is 10.2 Å². The van der Waals surface area contributed by atoms with E-state index in [0.717, 1.165) is 39.2 Å². The molecule has 2 atom stereocenters. The lowest BCUT2D eigenvalue weighted by atomic mass is 10.0. The lowest BCUT2D eigenvalue weighted by Gasteiger charge is -2.34. The Hall–Kier alpha value is -3.36. The zero-order valence-corrected chi connectivity index (χ0v) is 25.3. The zero-order valence-electron chi connectivity index (χ0n) is 23.7. The third kappa shape index (κ3) is 8.57. The van der Waals surface area contributed by atoms with Crippen molar-refractivity contribution in [3.63, 3.8) is 0 Å². The van der Waals surface area contributed by atoms with Crippen LogP contribution in [0.25, 0.3) is 0 Å². The van der Waals surface area contributed by atoms with Gasteiger partial charge in [-0.05, 0) is 62.1 Å². The summed E-state index contributed by atoms with van der Waals surface area (Å²) in [5.74, 6) is -0.795. The van der Waals surface area contributed by atoms with Gasteiger partial charge in [0, 0.05) is 24.0 Å². The van der Waals surface area contributed by atoms with Gasteiger partial charge >= 0.3 is 0 Å². The highest BCUT2D eigenvalue weighted by molar-refractivity contribution is 7.92. The van der Waals surface area contributed by atoms with Crippen LogP contribution in [-0.4, -0.2) is 50.0 Å². The van der Waals surface area contributed by atoms with E-state index < -0.39 is 28.5 Å². The molecule has 40 heavy (non-hydrogen) atoms. The second-order valence-electron chi connectivity index (χ2n) is 10.2. The Kier molecular flexibility index (Phi) is 10.8. The van der Waals surface area contributed by atoms with Crippen LogP contribution in [0.3, 0.4) is 0 Å². The van der Waals surface area contributed by atoms with Crippen molar-refractivity contribution in [2.75, 3.05) is 17.1 Å². The molecule has 0 bridgehead atoms. The van der Waals surface area contributed by atoms with Crippen LogP contribution in [0.5, 0.6) is 0 Å². The molecule has 0 radical (unpaired) electrons. The summed E-state index contributed by atoms with van der Waals surface area (Å²) in [6.45, 7) is 7.24. The number of nitrogens with one attached hydrogen (secondary N) is 1. The standard InChI is InChI=1S/C31H38ClN3O4S/c1-6-24(4)33-31(37)29(19-25-11-8-7-9-12-25)34(20-26-13-10-14-27(32)18-26)30(36)21-35(40(5,38)39)28-16-15-22(2)17-23(28)3/h7-18,24,29H,6,19-21H2,1-5H3,(H,33,37)/t24-,29+/m1/s1. The maximum Gasteiger partial charge on any atom is 0.244 e. The Morgan fingerprint density at radius 1 is 0.950 bits per heavy atom. The molecule has 3 aromatic carbocycles. The molecule has 0 unspecified atom stereocenters. The zero-order chi connectivity index (χ0) is 29.4. The predicted octanol–water partition coefficient (Wildman–Crippen LogP) is 5.28. The molecule has 3 rings (SSSR count). The fourth-order valence-electron chi connectivity index (χ4n) is 4.51. The van der Waals surface area contributed by atoms with Crippen molar-refractivity contribution < 1.29 is 18.0 Å². The van der Waals surface area contributed by atoms with Crippen molar-refractivity contribution in [1.29, 1.82) is 0 Å². The number of amides is 2. The largest absolute Gasteiger partial charge is 0.352 e. The van der Waals surface area contributed by atoms with Gasteiger partial charge in [0.1, 0.15) is 12.6 Å². The number of anilines is 1. The molecule has 0 saturated heterocycles. The second kappa shape index (κ2) is 13.8. The fraction of sp³-hybridized carbons (Fsp3) is 0.355. The molecule has 0 aliphatic carbocycles. The normalized spacial score (nSPS) is 12.8. The Labute approximate surface area is 243 Å². The van der Waals surface area contributed by atoms with Gasteiger partial charge in [0.25, 0.3) is 0 Å². The molecule has 0 saturated carbocycles. The first-order valence-electron chi connectivity index (χ1n) is 13.3. The Bertz CT molecular complexity index is 1430. The first-order valence-corrected chi connectivity index (χ1v) is 15.5. The number of halogens is 1. The number of aryl methyl sites for hydroxylation is 2. The quantitative estimate of drug-likeness (QED) is 0.314. The molecule has 0 aliphatic rings. The van der Waals surface area contributed by atoms with Gasteiger partial charge in [-0.15, -0.1) is 0 Å². The average molecular weight is 584 g/mol. The molecule has 214 valence electrons. The average Bonchev–Trinajstić information content (AvgIpc) is 2.89. The van der Waals surface area contributed by atoms with Crippen LogP contribution in [0.2, 0.25) is 5.02 Å². The summed E-state index contributed by atoms with van der Waals surface area (Å²) in [6, 6.07) is 21.0. The minimum absolute atomic E-state index is 0.0787. The first kappa shape index (κ1) is 31.2. The number of nitrogens with zero attached hydrogens (tertiary/aromatic N) is 2. The van der Waals surface area contributed by atoms with Gasteiger partial charge in [0.15, 0.2) is 0 Å². The summed E-state index contributed by atoms with van der Waals surface area (Å²) >= 11 is 6.25. The summed E-state index contributed by atoms with van der Waals surface area (Å²) < 4.78 is 27.0. The van der Waals surface area contributed by atoms with Gasteiger partial charge in [-0.25, -0.2) is 8.42 Å². The number of sulfonamides is 1. The van der Waals surface area contributed by atoms with E-state index in [1.807, 2.05) is 76.2 Å². The molecular formula is C31H38ClN3O4S. The van der Waals surface area contributed by atoms with Crippen molar-refractivity contribution >= 4 is 39.1 Å². The number of benzene rings is 3. The van der Waals surface area contributed by atoms with E-state index in [1.54, 1.807) is 24.3 Å². The van der Waals surface area contributed by atoms with Crippen LogP contribution < -0.4 is 9.62 Å². The lowest BCUT2D eigenvalue weighted by molar-refractivity contribution is -0.140. The molecule has 7 nitrogen and oxygen atoms in total. The van der Waals surface area contributed by atoms with Gasteiger partial charge in [-0.1, -0.05) is 78.7 Å². The fourth-order valence-corrected chi connectivity index (χ4v) is 5.63. The van der Waals surface area contributed by atoms with Crippen LogP contribution in [0, 0.1) is 13.8 Å². The molecule has 1 N–H and O–H groups in total. The van der Waals surface area contributed by atoms with Crippen LogP contribution in [0.15, 0.2) is 72.8 Å². The lowest BCUT2D eigenvalue weighted by Crippen LogP contribution is -2.54. The van der Waals surface area contributed by atoms with Crippen molar-refractivity contribution in [1.82, 2.24) is 10.2 Å². The number of hydrogen-bond donors (Lipinski definition) is 1. The van der Waals surface area contributed by atoms with Crippen LogP contribution in [-0.2, 0) is 32.6 Å². The minimum atomic E-state index is -3.83. The number of hydrogen-bond acceptors (Lipinski definition) is 4. The third-order valence-electron chi connectivity index (χ3n) is 6.81. The summed E-state index contributed by atoms with van der Waals surface area (Å²) in [6.07, 6.45) is 2.07. The Morgan fingerprint density at radius 2 is 1.62 bits per heavy atom. The first-order chi connectivity index (χ1) is 18.9. The Morgan fingerprint density at radius 3 is 2.23 bits per heavy atom. The smallest absolute Gasteiger partial charge is 0.244 e. The van der Waals surface area contributed by atoms with Crippen molar-refractivity contribution in [3.8, 4) is 0 Å². The molecule has 0 heterocycles. The molecule has 0 aromatic heterocycles. The predicted molar refractivity (Wildman–Crippen MR) is 162 cm³/mol. The summed E-state index contributed by atoms with van der Waals surface area (Å²) in [5.41, 5.74) is 3.74. The molecule has 3 aromatic rings. The van der Waals surface area contributed by atoms with E-state index in [-0.39, 0.29) is 24.9 Å².